The summed E-state index contributed by atoms with van der Waals surface area (Å²) in [4.78, 5) is 21.3. The van der Waals surface area contributed by atoms with E-state index in [1.54, 1.807) is 17.5 Å². The van der Waals surface area contributed by atoms with Gasteiger partial charge in [0.05, 0.1) is 5.41 Å². The van der Waals surface area contributed by atoms with Crippen molar-refractivity contribution in [3.8, 4) is 10.4 Å². The van der Waals surface area contributed by atoms with Crippen LogP contribution in [-0.2, 0) is 17.8 Å². The van der Waals surface area contributed by atoms with Gasteiger partial charge >= 0.3 is 0 Å². The molecular weight excluding hydrogens is 390 g/mol. The van der Waals surface area contributed by atoms with E-state index in [0.29, 0.717) is 0 Å². The van der Waals surface area contributed by atoms with Crippen LogP contribution in [-0.4, -0.2) is 34.9 Å². The predicted molar refractivity (Wildman–Crippen MR) is 123 cm³/mol. The number of likely N-dealkylation sites (tertiary alicyclic amines) is 1. The molecule has 1 unspecified atom stereocenters. The number of carbonyl (C=O) groups is 1. The van der Waals surface area contributed by atoms with Gasteiger partial charge in [0.15, 0.2) is 0 Å². The summed E-state index contributed by atoms with van der Waals surface area (Å²) in [6.07, 6.45) is 5.34. The van der Waals surface area contributed by atoms with Crippen molar-refractivity contribution in [3.05, 3.63) is 77.4 Å². The van der Waals surface area contributed by atoms with Crippen LogP contribution in [0.15, 0.2) is 66.3 Å². The number of carbonyl (C=O) groups excluding carboxylic acids is 1. The number of aromatic nitrogens is 1. The van der Waals surface area contributed by atoms with Crippen molar-refractivity contribution in [2.24, 2.45) is 5.41 Å². The summed E-state index contributed by atoms with van der Waals surface area (Å²) in [5.41, 5.74) is 3.27. The third kappa shape index (κ3) is 4.63. The summed E-state index contributed by atoms with van der Waals surface area (Å²) in [7, 11) is 0. The molecule has 0 radical (unpaired) electrons. The van der Waals surface area contributed by atoms with Crippen molar-refractivity contribution < 1.29 is 4.79 Å². The highest BCUT2D eigenvalue weighted by Crippen LogP contribution is 2.39. The normalized spacial score (nSPS) is 19.3. The molecule has 3 heterocycles. The van der Waals surface area contributed by atoms with Crippen molar-refractivity contribution in [1.82, 2.24) is 15.2 Å². The van der Waals surface area contributed by atoms with Crippen molar-refractivity contribution in [3.63, 3.8) is 0 Å². The molecule has 156 valence electrons. The molecule has 0 spiro atoms. The van der Waals surface area contributed by atoms with Crippen LogP contribution in [0, 0.1) is 5.41 Å². The number of rotatable bonds is 7. The summed E-state index contributed by atoms with van der Waals surface area (Å²) < 4.78 is 0. The first-order chi connectivity index (χ1) is 14.6. The molecule has 1 fully saturated rings. The lowest BCUT2D eigenvalue weighted by molar-refractivity contribution is -0.131. The van der Waals surface area contributed by atoms with E-state index in [-0.39, 0.29) is 11.9 Å². The Labute approximate surface area is 183 Å². The molecule has 30 heavy (non-hydrogen) atoms. The second-order valence-electron chi connectivity index (χ2n) is 8.54. The van der Waals surface area contributed by atoms with E-state index in [2.05, 4.69) is 63.0 Å². The fourth-order valence-corrected chi connectivity index (χ4v) is 5.17. The minimum Gasteiger partial charge on any atom is -0.353 e. The van der Waals surface area contributed by atoms with Crippen molar-refractivity contribution >= 4 is 17.2 Å². The lowest BCUT2D eigenvalue weighted by Gasteiger charge is -2.30. The molecular formula is C25H29N3OS. The maximum atomic E-state index is 13.4. The molecule has 1 N–H and O–H groups in total. The maximum absolute atomic E-state index is 13.4. The molecule has 5 heteroatoms. The third-order valence-corrected chi connectivity index (χ3v) is 6.70. The average molecular weight is 420 g/mol. The van der Waals surface area contributed by atoms with Crippen LogP contribution in [0.5, 0.6) is 0 Å². The molecule has 0 aliphatic carbocycles. The number of nitrogens with one attached hydrogen (secondary N) is 1. The highest BCUT2D eigenvalue weighted by atomic mass is 32.1. The molecule has 4 rings (SSSR count). The Kier molecular flexibility index (Phi) is 6.30. The highest BCUT2D eigenvalue weighted by molar-refractivity contribution is 7.13. The molecule has 2 aromatic heterocycles. The lowest BCUT2D eigenvalue weighted by atomic mass is 9.78. The number of hydrogen-bond acceptors (Lipinski definition) is 4. The summed E-state index contributed by atoms with van der Waals surface area (Å²) in [5.74, 6) is 0.173. The SMILES string of the molecule is CC(C)NC(=O)C1(Cc2ccccc2-c2cccs2)CCN(Cc2cccnc2)C1. The fourth-order valence-electron chi connectivity index (χ4n) is 4.38. The van der Waals surface area contributed by atoms with Gasteiger partial charge in [0.1, 0.15) is 0 Å². The van der Waals surface area contributed by atoms with Gasteiger partial charge in [0.2, 0.25) is 5.91 Å². The van der Waals surface area contributed by atoms with E-state index >= 15 is 0 Å². The number of pyridine rings is 1. The van der Waals surface area contributed by atoms with E-state index in [1.165, 1.54) is 21.6 Å². The molecule has 0 saturated carbocycles. The number of nitrogens with zero attached hydrogens (tertiary/aromatic N) is 2. The van der Waals surface area contributed by atoms with E-state index < -0.39 is 5.41 Å². The Morgan fingerprint density at radius 1 is 1.20 bits per heavy atom. The smallest absolute Gasteiger partial charge is 0.228 e. The maximum Gasteiger partial charge on any atom is 0.228 e. The van der Waals surface area contributed by atoms with Crippen molar-refractivity contribution in [2.75, 3.05) is 13.1 Å². The Balaban J connectivity index is 1.61. The summed E-state index contributed by atoms with van der Waals surface area (Å²) in [6.45, 7) is 6.58. The van der Waals surface area contributed by atoms with Gasteiger partial charge in [0, 0.05) is 36.4 Å². The zero-order valence-corrected chi connectivity index (χ0v) is 18.5. The highest BCUT2D eigenvalue weighted by Gasteiger charge is 2.45. The van der Waals surface area contributed by atoms with Crippen LogP contribution in [0.25, 0.3) is 10.4 Å². The zero-order chi connectivity index (χ0) is 21.0. The van der Waals surface area contributed by atoms with Crippen LogP contribution < -0.4 is 5.32 Å². The molecule has 1 aromatic carbocycles. The average Bonchev–Trinajstić information content (AvgIpc) is 3.40. The topological polar surface area (TPSA) is 45.2 Å². The Bertz CT molecular complexity index is 971. The quantitative estimate of drug-likeness (QED) is 0.600. The number of hydrogen-bond donors (Lipinski definition) is 1. The first-order valence-corrected chi connectivity index (χ1v) is 11.5. The van der Waals surface area contributed by atoms with Crippen LogP contribution in [0.4, 0.5) is 0 Å². The zero-order valence-electron chi connectivity index (χ0n) is 17.7. The number of amides is 1. The molecule has 1 aliphatic rings. The van der Waals surface area contributed by atoms with Gasteiger partial charge in [-0.05, 0) is 67.4 Å². The van der Waals surface area contributed by atoms with Gasteiger partial charge < -0.3 is 5.32 Å². The van der Waals surface area contributed by atoms with Gasteiger partial charge in [-0.2, -0.15) is 0 Å². The van der Waals surface area contributed by atoms with E-state index in [0.717, 1.165) is 32.5 Å². The number of benzene rings is 1. The van der Waals surface area contributed by atoms with Gasteiger partial charge in [-0.25, -0.2) is 0 Å². The molecule has 1 aliphatic heterocycles. The Morgan fingerprint density at radius 2 is 2.07 bits per heavy atom. The lowest BCUT2D eigenvalue weighted by Crippen LogP contribution is -2.46. The van der Waals surface area contributed by atoms with Crippen molar-refractivity contribution in [2.45, 2.75) is 39.3 Å². The van der Waals surface area contributed by atoms with Crippen molar-refractivity contribution in [1.29, 1.82) is 0 Å². The van der Waals surface area contributed by atoms with Gasteiger partial charge in [-0.1, -0.05) is 36.4 Å². The summed E-state index contributed by atoms with van der Waals surface area (Å²) >= 11 is 1.75. The largest absolute Gasteiger partial charge is 0.353 e. The summed E-state index contributed by atoms with van der Waals surface area (Å²) in [5, 5.41) is 5.32. The Hall–Kier alpha value is -2.50. The summed E-state index contributed by atoms with van der Waals surface area (Å²) in [6, 6.07) is 17.0. The van der Waals surface area contributed by atoms with Crippen LogP contribution >= 0.6 is 11.3 Å². The predicted octanol–water partition coefficient (Wildman–Crippen LogP) is 4.77. The first-order valence-electron chi connectivity index (χ1n) is 10.6. The fraction of sp³-hybridized carbons (Fsp3) is 0.360. The second-order valence-corrected chi connectivity index (χ2v) is 9.49. The van der Waals surface area contributed by atoms with E-state index in [9.17, 15) is 4.79 Å². The monoisotopic (exact) mass is 419 g/mol. The minimum atomic E-state index is -0.417. The van der Waals surface area contributed by atoms with Crippen LogP contribution in [0.3, 0.4) is 0 Å². The molecule has 0 bridgehead atoms. The van der Waals surface area contributed by atoms with E-state index in [4.69, 9.17) is 0 Å². The van der Waals surface area contributed by atoms with Gasteiger partial charge in [0.25, 0.3) is 0 Å². The Morgan fingerprint density at radius 3 is 2.80 bits per heavy atom. The number of thiophene rings is 1. The standard InChI is InChI=1S/C25H29N3OS/c1-19(2)27-24(29)25(11-13-28(18-25)17-20-7-5-12-26-16-20)15-21-8-3-4-9-22(21)23-10-6-14-30-23/h3-10,12,14,16,19H,11,13,15,17-18H2,1-2H3,(H,27,29). The molecule has 1 saturated heterocycles. The molecule has 1 amide bonds. The molecule has 3 aromatic rings. The first kappa shape index (κ1) is 20.8. The third-order valence-electron chi connectivity index (χ3n) is 5.80. The van der Waals surface area contributed by atoms with E-state index in [1.807, 2.05) is 26.1 Å². The van der Waals surface area contributed by atoms with Gasteiger partial charge in [-0.3, -0.25) is 14.7 Å². The van der Waals surface area contributed by atoms with Crippen LogP contribution in [0.2, 0.25) is 0 Å². The van der Waals surface area contributed by atoms with Crippen LogP contribution in [0.1, 0.15) is 31.4 Å². The van der Waals surface area contributed by atoms with Gasteiger partial charge in [-0.15, -0.1) is 11.3 Å². The minimum absolute atomic E-state index is 0.134. The molecule has 1 atom stereocenters. The second kappa shape index (κ2) is 9.11. The molecule has 4 nitrogen and oxygen atoms in total.